The van der Waals surface area contributed by atoms with Gasteiger partial charge in [-0.2, -0.15) is 0 Å². The topological polar surface area (TPSA) is 38.3 Å². The molecule has 2 bridgehead atoms. The third kappa shape index (κ3) is 2.25. The summed E-state index contributed by atoms with van der Waals surface area (Å²) in [5.41, 5.74) is 1.04. The highest BCUT2D eigenvalue weighted by Gasteiger charge is 2.46. The molecule has 0 saturated carbocycles. The fourth-order valence-corrected chi connectivity index (χ4v) is 3.57. The Morgan fingerprint density at radius 1 is 1.32 bits per heavy atom. The SMILES string of the molecule is COC(=O)[C@@H]1C2CCC(C[C@@H]1c1ccc(F)cc1)N2. The standard InChI is InChI=1S/C15H18FNO2/c1-19-15(18)14-12(8-11-6-7-13(14)17-11)9-2-4-10(16)5-3-9/h2-5,11-14,17H,6-8H2,1H3/t11?,12-,13?,14+/m1/s1. The molecule has 2 heterocycles. The van der Waals surface area contributed by atoms with Crippen molar-refractivity contribution in [2.45, 2.75) is 37.3 Å². The van der Waals surface area contributed by atoms with Gasteiger partial charge in [0.25, 0.3) is 0 Å². The maximum Gasteiger partial charge on any atom is 0.310 e. The van der Waals surface area contributed by atoms with Crippen LogP contribution in [0.4, 0.5) is 4.39 Å². The number of carbonyl (C=O) groups excluding carboxylic acids is 1. The molecule has 2 fully saturated rings. The van der Waals surface area contributed by atoms with Crippen LogP contribution < -0.4 is 5.32 Å². The fraction of sp³-hybridized carbons (Fsp3) is 0.533. The molecule has 1 N–H and O–H groups in total. The summed E-state index contributed by atoms with van der Waals surface area (Å²) in [6.07, 6.45) is 3.04. The van der Waals surface area contributed by atoms with Gasteiger partial charge in [0.05, 0.1) is 13.0 Å². The number of benzene rings is 1. The molecule has 102 valence electrons. The largest absolute Gasteiger partial charge is 0.469 e. The van der Waals surface area contributed by atoms with Crippen molar-refractivity contribution in [3.8, 4) is 0 Å². The first kappa shape index (κ1) is 12.6. The number of carbonyl (C=O) groups is 1. The van der Waals surface area contributed by atoms with Crippen LogP contribution in [0.5, 0.6) is 0 Å². The van der Waals surface area contributed by atoms with Crippen LogP contribution in [0.1, 0.15) is 30.7 Å². The molecule has 3 rings (SSSR count). The smallest absolute Gasteiger partial charge is 0.310 e. The Kier molecular flexibility index (Phi) is 3.27. The number of hydrogen-bond acceptors (Lipinski definition) is 3. The molecule has 1 aromatic carbocycles. The van der Waals surface area contributed by atoms with Crippen LogP contribution in [0.25, 0.3) is 0 Å². The number of methoxy groups -OCH3 is 1. The molecular formula is C15H18FNO2. The van der Waals surface area contributed by atoms with E-state index in [1.807, 2.05) is 0 Å². The number of rotatable bonds is 2. The molecule has 0 aromatic heterocycles. The zero-order chi connectivity index (χ0) is 13.4. The van der Waals surface area contributed by atoms with Crippen molar-refractivity contribution in [3.63, 3.8) is 0 Å². The van der Waals surface area contributed by atoms with Gasteiger partial charge in [0.15, 0.2) is 0 Å². The Morgan fingerprint density at radius 2 is 2.05 bits per heavy atom. The van der Waals surface area contributed by atoms with E-state index in [1.54, 1.807) is 12.1 Å². The molecule has 2 aliphatic rings. The Balaban J connectivity index is 1.92. The Labute approximate surface area is 112 Å². The molecule has 0 spiro atoms. The molecule has 2 saturated heterocycles. The first-order valence-corrected chi connectivity index (χ1v) is 6.78. The zero-order valence-electron chi connectivity index (χ0n) is 10.9. The molecule has 0 radical (unpaired) electrons. The van der Waals surface area contributed by atoms with Gasteiger partial charge >= 0.3 is 5.97 Å². The van der Waals surface area contributed by atoms with E-state index in [4.69, 9.17) is 4.74 Å². The number of hydrogen-bond donors (Lipinski definition) is 1. The molecule has 4 heteroatoms. The van der Waals surface area contributed by atoms with Crippen molar-refractivity contribution in [1.82, 2.24) is 5.32 Å². The molecule has 0 amide bonds. The van der Waals surface area contributed by atoms with E-state index in [9.17, 15) is 9.18 Å². The molecule has 4 atom stereocenters. The van der Waals surface area contributed by atoms with Crippen LogP contribution in [0, 0.1) is 11.7 Å². The van der Waals surface area contributed by atoms with E-state index in [0.29, 0.717) is 6.04 Å². The molecule has 3 nitrogen and oxygen atoms in total. The maximum absolute atomic E-state index is 13.0. The summed E-state index contributed by atoms with van der Waals surface area (Å²) in [6, 6.07) is 7.19. The lowest BCUT2D eigenvalue weighted by molar-refractivity contribution is -0.148. The molecule has 2 aliphatic heterocycles. The number of ether oxygens (including phenoxy) is 1. The van der Waals surface area contributed by atoms with Gasteiger partial charge in [-0.1, -0.05) is 12.1 Å². The first-order chi connectivity index (χ1) is 9.19. The second-order valence-corrected chi connectivity index (χ2v) is 5.49. The predicted molar refractivity (Wildman–Crippen MR) is 69.2 cm³/mol. The summed E-state index contributed by atoms with van der Waals surface area (Å²) in [7, 11) is 1.44. The van der Waals surface area contributed by atoms with Gasteiger partial charge in [-0.05, 0) is 37.0 Å². The van der Waals surface area contributed by atoms with Gasteiger partial charge in [-0.3, -0.25) is 4.79 Å². The van der Waals surface area contributed by atoms with Crippen LogP contribution in [-0.4, -0.2) is 25.2 Å². The maximum atomic E-state index is 13.0. The highest BCUT2D eigenvalue weighted by molar-refractivity contribution is 5.75. The minimum absolute atomic E-state index is 0.131. The number of nitrogens with one attached hydrogen (secondary N) is 1. The van der Waals surface area contributed by atoms with E-state index >= 15 is 0 Å². The quantitative estimate of drug-likeness (QED) is 0.831. The molecule has 0 aliphatic carbocycles. The van der Waals surface area contributed by atoms with Crippen molar-refractivity contribution >= 4 is 5.97 Å². The summed E-state index contributed by atoms with van der Waals surface area (Å²) in [6.45, 7) is 0. The number of fused-ring (bicyclic) bond motifs is 2. The number of esters is 1. The lowest BCUT2D eigenvalue weighted by Crippen LogP contribution is -2.48. The zero-order valence-corrected chi connectivity index (χ0v) is 10.9. The van der Waals surface area contributed by atoms with E-state index < -0.39 is 0 Å². The molecule has 2 unspecified atom stereocenters. The van der Waals surface area contributed by atoms with Crippen molar-refractivity contribution in [2.75, 3.05) is 7.11 Å². The highest BCUT2D eigenvalue weighted by Crippen LogP contribution is 2.42. The van der Waals surface area contributed by atoms with Gasteiger partial charge in [0.2, 0.25) is 0 Å². The van der Waals surface area contributed by atoms with Gasteiger partial charge in [-0.15, -0.1) is 0 Å². The van der Waals surface area contributed by atoms with Crippen LogP contribution in [-0.2, 0) is 9.53 Å². The van der Waals surface area contributed by atoms with Crippen molar-refractivity contribution in [3.05, 3.63) is 35.6 Å². The van der Waals surface area contributed by atoms with Gasteiger partial charge in [0.1, 0.15) is 5.82 Å². The monoisotopic (exact) mass is 263 g/mol. The van der Waals surface area contributed by atoms with Crippen molar-refractivity contribution in [1.29, 1.82) is 0 Å². The average Bonchev–Trinajstić information content (AvgIpc) is 2.80. The predicted octanol–water partition coefficient (Wildman–Crippen LogP) is 2.22. The third-order valence-electron chi connectivity index (χ3n) is 4.45. The second-order valence-electron chi connectivity index (χ2n) is 5.49. The van der Waals surface area contributed by atoms with Crippen LogP contribution in [0.3, 0.4) is 0 Å². The van der Waals surface area contributed by atoms with Crippen molar-refractivity contribution < 1.29 is 13.9 Å². The molecule has 1 aromatic rings. The Morgan fingerprint density at radius 3 is 2.74 bits per heavy atom. The van der Waals surface area contributed by atoms with Gasteiger partial charge < -0.3 is 10.1 Å². The summed E-state index contributed by atoms with van der Waals surface area (Å²) in [5, 5.41) is 3.49. The van der Waals surface area contributed by atoms with Gasteiger partial charge in [0, 0.05) is 18.0 Å². The normalized spacial score (nSPS) is 33.2. The average molecular weight is 263 g/mol. The van der Waals surface area contributed by atoms with Crippen LogP contribution in [0.2, 0.25) is 0 Å². The number of halogens is 1. The van der Waals surface area contributed by atoms with E-state index in [2.05, 4.69) is 5.32 Å². The lowest BCUT2D eigenvalue weighted by Gasteiger charge is -2.36. The van der Waals surface area contributed by atoms with Crippen LogP contribution >= 0.6 is 0 Å². The highest BCUT2D eigenvalue weighted by atomic mass is 19.1. The Bertz CT molecular complexity index is 474. The summed E-state index contributed by atoms with van der Waals surface area (Å²) >= 11 is 0. The van der Waals surface area contributed by atoms with E-state index in [1.165, 1.54) is 19.2 Å². The molecular weight excluding hydrogens is 245 g/mol. The molecule has 19 heavy (non-hydrogen) atoms. The van der Waals surface area contributed by atoms with Gasteiger partial charge in [-0.25, -0.2) is 4.39 Å². The second kappa shape index (κ2) is 4.93. The summed E-state index contributed by atoms with van der Waals surface area (Å²) < 4.78 is 18.0. The lowest BCUT2D eigenvalue weighted by atomic mass is 9.77. The van der Waals surface area contributed by atoms with Crippen LogP contribution in [0.15, 0.2) is 24.3 Å². The Hall–Kier alpha value is -1.42. The first-order valence-electron chi connectivity index (χ1n) is 6.78. The third-order valence-corrected chi connectivity index (χ3v) is 4.45. The van der Waals surface area contributed by atoms with E-state index in [-0.39, 0.29) is 29.7 Å². The minimum Gasteiger partial charge on any atom is -0.469 e. The fourth-order valence-electron chi connectivity index (χ4n) is 3.57. The minimum atomic E-state index is -0.240. The summed E-state index contributed by atoms with van der Waals surface area (Å²) in [5.74, 6) is -0.427. The number of piperidine rings is 1. The van der Waals surface area contributed by atoms with E-state index in [0.717, 1.165) is 24.8 Å². The van der Waals surface area contributed by atoms with Crippen molar-refractivity contribution in [2.24, 2.45) is 5.92 Å². The summed E-state index contributed by atoms with van der Waals surface area (Å²) in [4.78, 5) is 12.1.